The Balaban J connectivity index is 2.39. The normalized spacial score (nSPS) is 24.1. The Bertz CT molecular complexity index is 748. The minimum absolute atomic E-state index is 0.129. The van der Waals surface area contributed by atoms with E-state index in [2.05, 4.69) is 0 Å². The molecule has 27 heavy (non-hydrogen) atoms. The molecular formula is C17H19NO9. The zero-order valence-corrected chi connectivity index (χ0v) is 14.9. The van der Waals surface area contributed by atoms with Crippen molar-refractivity contribution < 1.29 is 47.8 Å². The lowest BCUT2D eigenvalue weighted by atomic mass is 10.1. The predicted molar refractivity (Wildman–Crippen MR) is 82.6 cm³/mol. The molecule has 1 aliphatic rings. The maximum atomic E-state index is 11.5. The molecule has 1 aromatic rings. The van der Waals surface area contributed by atoms with Crippen molar-refractivity contribution in [2.24, 2.45) is 0 Å². The lowest BCUT2D eigenvalue weighted by Crippen LogP contribution is -2.49. The molecule has 0 saturated carbocycles. The molecule has 1 fully saturated rings. The molecule has 2 heterocycles. The van der Waals surface area contributed by atoms with Gasteiger partial charge < -0.3 is 28.8 Å². The van der Waals surface area contributed by atoms with Gasteiger partial charge in [0.2, 0.25) is 6.10 Å². The second kappa shape index (κ2) is 8.58. The fraction of sp³-hybridized carbons (Fsp3) is 0.471. The first-order valence-electron chi connectivity index (χ1n) is 8.04. The van der Waals surface area contributed by atoms with Crippen LogP contribution in [0.4, 0.5) is 0 Å². The number of esters is 3. The van der Waals surface area contributed by atoms with Crippen molar-refractivity contribution in [1.82, 2.24) is 0 Å². The number of aromatic nitrogens is 1. The van der Waals surface area contributed by atoms with Gasteiger partial charge in [-0.1, -0.05) is 0 Å². The Hall–Kier alpha value is -3.01. The number of rotatable bonds is 6. The standard InChI is InChI=1S/C17H19NO9/c1-9(19)24-8-13-14(25-10(2)20)15(26-11(3)21)16(27-13)18-6-4-5-12(7-18)17(22)23/h4-7,13-16H,8H2,1-3H3/t13-,14-,15-,16-/m1/s1. The molecule has 10 nitrogen and oxygen atoms in total. The van der Waals surface area contributed by atoms with Crippen LogP contribution in [0.1, 0.15) is 37.4 Å². The van der Waals surface area contributed by atoms with Crippen molar-refractivity contribution in [3.63, 3.8) is 0 Å². The van der Waals surface area contributed by atoms with Crippen molar-refractivity contribution >= 4 is 23.9 Å². The van der Waals surface area contributed by atoms with Crippen molar-refractivity contribution in [3.05, 3.63) is 30.1 Å². The summed E-state index contributed by atoms with van der Waals surface area (Å²) >= 11 is 0. The highest BCUT2D eigenvalue weighted by molar-refractivity contribution is 5.84. The van der Waals surface area contributed by atoms with Gasteiger partial charge in [0, 0.05) is 26.8 Å². The van der Waals surface area contributed by atoms with Crippen molar-refractivity contribution in [2.45, 2.75) is 45.3 Å². The van der Waals surface area contributed by atoms with E-state index in [1.807, 2.05) is 0 Å². The number of carbonyl (C=O) groups is 4. The number of carbonyl (C=O) groups excluding carboxylic acids is 4. The first-order valence-corrected chi connectivity index (χ1v) is 8.04. The molecule has 0 unspecified atom stereocenters. The maximum absolute atomic E-state index is 11.5. The van der Waals surface area contributed by atoms with E-state index >= 15 is 0 Å². The summed E-state index contributed by atoms with van der Waals surface area (Å²) in [6.07, 6.45) is -1.37. The Kier molecular flexibility index (Phi) is 6.45. The second-order valence-corrected chi connectivity index (χ2v) is 5.84. The molecular weight excluding hydrogens is 362 g/mol. The summed E-state index contributed by atoms with van der Waals surface area (Å²) in [5.74, 6) is -3.28. The van der Waals surface area contributed by atoms with E-state index in [1.165, 1.54) is 49.9 Å². The van der Waals surface area contributed by atoms with Crippen LogP contribution in [-0.2, 0) is 33.3 Å². The topological polar surface area (TPSA) is 132 Å². The van der Waals surface area contributed by atoms with Gasteiger partial charge in [0.15, 0.2) is 18.5 Å². The van der Waals surface area contributed by atoms with Crippen LogP contribution in [0.5, 0.6) is 0 Å². The number of carboxylic acid groups (broad SMARTS) is 1. The van der Waals surface area contributed by atoms with Crippen LogP contribution in [0.2, 0.25) is 0 Å². The maximum Gasteiger partial charge on any atom is 0.304 e. The largest absolute Gasteiger partial charge is 0.545 e. The fourth-order valence-electron chi connectivity index (χ4n) is 2.70. The van der Waals surface area contributed by atoms with Crippen molar-refractivity contribution in [1.29, 1.82) is 0 Å². The Labute approximate surface area is 154 Å². The average Bonchev–Trinajstić information content (AvgIpc) is 2.89. The number of carboxylic acids is 1. The SMILES string of the molecule is CC(=O)OC[C@H]1O[C@@H]([n+]2cccc(C(=O)[O-])c2)[C@H](OC(C)=O)[C@@H]1OC(C)=O. The summed E-state index contributed by atoms with van der Waals surface area (Å²) < 4.78 is 22.5. The second-order valence-electron chi connectivity index (χ2n) is 5.84. The lowest BCUT2D eigenvalue weighted by Gasteiger charge is -2.21. The minimum atomic E-state index is -1.40. The van der Waals surface area contributed by atoms with Gasteiger partial charge in [-0.15, -0.1) is 0 Å². The van der Waals surface area contributed by atoms with E-state index in [0.717, 1.165) is 0 Å². The summed E-state index contributed by atoms with van der Waals surface area (Å²) in [5.41, 5.74) is -0.129. The van der Waals surface area contributed by atoms with Crippen LogP contribution in [-0.4, -0.2) is 48.8 Å². The van der Waals surface area contributed by atoms with Crippen molar-refractivity contribution in [3.8, 4) is 0 Å². The number of nitrogens with zero attached hydrogens (tertiary/aromatic N) is 1. The molecule has 0 amide bonds. The third-order valence-corrected chi connectivity index (χ3v) is 3.69. The Morgan fingerprint density at radius 2 is 1.70 bits per heavy atom. The zero-order chi connectivity index (χ0) is 20.1. The van der Waals surface area contributed by atoms with E-state index < -0.39 is 48.4 Å². The van der Waals surface area contributed by atoms with Crippen LogP contribution in [0.25, 0.3) is 0 Å². The van der Waals surface area contributed by atoms with Crippen LogP contribution < -0.4 is 9.67 Å². The van der Waals surface area contributed by atoms with Crippen molar-refractivity contribution in [2.75, 3.05) is 6.61 Å². The molecule has 0 aromatic carbocycles. The number of pyridine rings is 1. The molecule has 2 rings (SSSR count). The predicted octanol–water partition coefficient (Wildman–Crippen LogP) is -1.34. The van der Waals surface area contributed by atoms with Crippen LogP contribution in [0.3, 0.4) is 0 Å². The highest BCUT2D eigenvalue weighted by Crippen LogP contribution is 2.31. The molecule has 0 aliphatic carbocycles. The van der Waals surface area contributed by atoms with E-state index in [-0.39, 0.29) is 12.2 Å². The van der Waals surface area contributed by atoms with Gasteiger partial charge in [-0.3, -0.25) is 14.4 Å². The number of hydrogen-bond acceptors (Lipinski definition) is 9. The van der Waals surface area contributed by atoms with Crippen LogP contribution in [0.15, 0.2) is 24.5 Å². The molecule has 10 heteroatoms. The molecule has 0 spiro atoms. The molecule has 4 atom stereocenters. The molecule has 0 bridgehead atoms. The van der Waals surface area contributed by atoms with E-state index in [1.54, 1.807) is 0 Å². The average molecular weight is 381 g/mol. The summed E-state index contributed by atoms with van der Waals surface area (Å²) in [4.78, 5) is 45.2. The van der Waals surface area contributed by atoms with Gasteiger partial charge in [-0.05, 0) is 6.07 Å². The Morgan fingerprint density at radius 3 is 2.26 bits per heavy atom. The molecule has 0 radical (unpaired) electrons. The first-order chi connectivity index (χ1) is 12.7. The molecule has 146 valence electrons. The summed E-state index contributed by atoms with van der Waals surface area (Å²) in [5, 5.41) is 11.1. The first kappa shape index (κ1) is 20.3. The Morgan fingerprint density at radius 1 is 1.07 bits per heavy atom. The van der Waals surface area contributed by atoms with Gasteiger partial charge in [0.1, 0.15) is 12.7 Å². The number of aromatic carboxylic acids is 1. The monoisotopic (exact) mass is 381 g/mol. The zero-order valence-electron chi connectivity index (χ0n) is 14.9. The number of hydrogen-bond donors (Lipinski definition) is 0. The van der Waals surface area contributed by atoms with Gasteiger partial charge in [0.05, 0.1) is 11.5 Å². The third-order valence-electron chi connectivity index (χ3n) is 3.69. The molecule has 1 aliphatic heterocycles. The quantitative estimate of drug-likeness (QED) is 0.334. The van der Waals surface area contributed by atoms with Gasteiger partial charge in [-0.2, -0.15) is 4.57 Å². The lowest BCUT2D eigenvalue weighted by molar-refractivity contribution is -0.765. The van der Waals surface area contributed by atoms with Gasteiger partial charge in [0.25, 0.3) is 0 Å². The minimum Gasteiger partial charge on any atom is -0.545 e. The molecule has 0 N–H and O–H groups in total. The smallest absolute Gasteiger partial charge is 0.304 e. The van der Waals surface area contributed by atoms with Gasteiger partial charge in [-0.25, -0.2) is 0 Å². The molecule has 1 saturated heterocycles. The van der Waals surface area contributed by atoms with Crippen LogP contribution in [0, 0.1) is 0 Å². The molecule has 1 aromatic heterocycles. The van der Waals surface area contributed by atoms with E-state index in [9.17, 15) is 24.3 Å². The van der Waals surface area contributed by atoms with Crippen LogP contribution >= 0.6 is 0 Å². The van der Waals surface area contributed by atoms with E-state index in [0.29, 0.717) is 0 Å². The summed E-state index contributed by atoms with van der Waals surface area (Å²) in [6.45, 7) is 3.30. The highest BCUT2D eigenvalue weighted by atomic mass is 16.7. The summed E-state index contributed by atoms with van der Waals surface area (Å²) in [6, 6.07) is 2.76. The third kappa shape index (κ3) is 5.23. The highest BCUT2D eigenvalue weighted by Gasteiger charge is 2.54. The van der Waals surface area contributed by atoms with Gasteiger partial charge >= 0.3 is 24.1 Å². The van der Waals surface area contributed by atoms with E-state index in [4.69, 9.17) is 18.9 Å². The summed E-state index contributed by atoms with van der Waals surface area (Å²) in [7, 11) is 0. The number of ether oxygens (including phenoxy) is 4. The fourth-order valence-corrected chi connectivity index (χ4v) is 2.70.